The van der Waals surface area contributed by atoms with Gasteiger partial charge in [-0.1, -0.05) is 212 Å². The second kappa shape index (κ2) is 36.2. The van der Waals surface area contributed by atoms with Gasteiger partial charge in [-0.15, -0.1) is 11.6 Å². The van der Waals surface area contributed by atoms with Gasteiger partial charge in [-0.2, -0.15) is 0 Å². The highest BCUT2D eigenvalue weighted by atomic mass is 35.5. The summed E-state index contributed by atoms with van der Waals surface area (Å²) in [4.78, 5) is 17.3. The fourth-order valence-corrected chi connectivity index (χ4v) is 7.04. The highest BCUT2D eigenvalue weighted by molar-refractivity contribution is 7.46. The Morgan fingerprint density at radius 1 is 0.432 bits per heavy atom. The summed E-state index contributed by atoms with van der Waals surface area (Å²) >= 11 is 6.50. The molecule has 0 aliphatic carbocycles. The zero-order chi connectivity index (χ0) is 32.2. The van der Waals surface area contributed by atoms with E-state index in [-0.39, 0.29) is 6.61 Å². The molecule has 0 spiro atoms. The van der Waals surface area contributed by atoms with Gasteiger partial charge in [-0.25, -0.2) is 4.57 Å². The maximum atomic E-state index is 10.6. The van der Waals surface area contributed by atoms with E-state index in [1.807, 2.05) is 0 Å². The van der Waals surface area contributed by atoms with Crippen molar-refractivity contribution in [3.63, 3.8) is 0 Å². The second-order valence-electron chi connectivity index (χ2n) is 13.8. The van der Waals surface area contributed by atoms with Crippen LogP contribution in [-0.4, -0.2) is 21.8 Å². The number of hydrogen-bond donors (Lipinski definition) is 2. The lowest BCUT2D eigenvalue weighted by molar-refractivity contribution is 0.193. The molecule has 44 heavy (non-hydrogen) atoms. The first-order valence-corrected chi connectivity index (χ1v) is 21.8. The van der Waals surface area contributed by atoms with Crippen molar-refractivity contribution in [1.29, 1.82) is 0 Å². The van der Waals surface area contributed by atoms with Crippen LogP contribution in [0.3, 0.4) is 0 Å². The molecular weight excluding hydrogens is 587 g/mol. The maximum absolute atomic E-state index is 10.6. The first-order valence-electron chi connectivity index (χ1n) is 19.8. The molecule has 0 saturated heterocycles. The van der Waals surface area contributed by atoms with Gasteiger partial charge < -0.3 is 9.79 Å². The van der Waals surface area contributed by atoms with E-state index >= 15 is 0 Å². The molecule has 0 rings (SSSR count). The van der Waals surface area contributed by atoms with Gasteiger partial charge in [0.2, 0.25) is 0 Å². The highest BCUT2D eigenvalue weighted by Gasteiger charge is 2.12. The third-order valence-electron chi connectivity index (χ3n) is 9.29. The van der Waals surface area contributed by atoms with Crippen LogP contribution in [0.1, 0.15) is 232 Å². The summed E-state index contributed by atoms with van der Waals surface area (Å²) in [6.45, 7) is 2.44. The summed E-state index contributed by atoms with van der Waals surface area (Å²) in [5.74, 6) is 0. The predicted octanol–water partition coefficient (Wildman–Crippen LogP) is 14.4. The van der Waals surface area contributed by atoms with Crippen molar-refractivity contribution < 1.29 is 18.9 Å². The topological polar surface area (TPSA) is 66.8 Å². The molecular formula is C38H78ClO4P. The van der Waals surface area contributed by atoms with Crippen molar-refractivity contribution in [2.45, 2.75) is 237 Å². The quantitative estimate of drug-likeness (QED) is 0.0391. The summed E-state index contributed by atoms with van der Waals surface area (Å²) in [6.07, 6.45) is 47.4. The van der Waals surface area contributed by atoms with Crippen LogP contribution in [0.2, 0.25) is 0 Å². The first-order chi connectivity index (χ1) is 21.5. The van der Waals surface area contributed by atoms with Gasteiger partial charge in [-0.3, -0.25) is 4.52 Å². The fraction of sp³-hybridized carbons (Fsp3) is 1.00. The largest absolute Gasteiger partial charge is 0.469 e. The Hall–Kier alpha value is 0.400. The van der Waals surface area contributed by atoms with Crippen LogP contribution in [0, 0.1) is 0 Å². The number of rotatable bonds is 38. The Balaban J connectivity index is 3.13. The van der Waals surface area contributed by atoms with Gasteiger partial charge in [0.15, 0.2) is 0 Å². The predicted molar refractivity (Wildman–Crippen MR) is 195 cm³/mol. The number of unbranched alkanes of at least 4 members (excludes halogenated alkanes) is 31. The fourth-order valence-electron chi connectivity index (χ4n) is 6.36. The molecule has 0 saturated carbocycles. The molecule has 0 aromatic carbocycles. The van der Waals surface area contributed by atoms with E-state index in [2.05, 4.69) is 11.4 Å². The van der Waals surface area contributed by atoms with Gasteiger partial charge in [0, 0.05) is 5.38 Å². The van der Waals surface area contributed by atoms with Crippen LogP contribution < -0.4 is 0 Å². The van der Waals surface area contributed by atoms with Crippen molar-refractivity contribution in [2.75, 3.05) is 6.61 Å². The lowest BCUT2D eigenvalue weighted by Crippen LogP contribution is -1.98. The minimum absolute atomic E-state index is 0.141. The summed E-state index contributed by atoms with van der Waals surface area (Å²) in [5, 5.41) is 0.303. The van der Waals surface area contributed by atoms with Crippen molar-refractivity contribution in [1.82, 2.24) is 0 Å². The van der Waals surface area contributed by atoms with Crippen LogP contribution in [0.5, 0.6) is 0 Å². The number of phosphoric acid groups is 1. The average molecular weight is 665 g/mol. The van der Waals surface area contributed by atoms with Crippen LogP contribution in [0.4, 0.5) is 0 Å². The number of alkyl halides is 1. The monoisotopic (exact) mass is 665 g/mol. The summed E-state index contributed by atoms with van der Waals surface area (Å²) < 4.78 is 15.1. The minimum atomic E-state index is -4.30. The highest BCUT2D eigenvalue weighted by Crippen LogP contribution is 2.35. The lowest BCUT2D eigenvalue weighted by Gasteiger charge is -2.09. The lowest BCUT2D eigenvalue weighted by atomic mass is 10.0. The molecule has 0 fully saturated rings. The van der Waals surface area contributed by atoms with E-state index in [0.29, 0.717) is 11.8 Å². The third-order valence-corrected chi connectivity index (χ3v) is 10.2. The second-order valence-corrected chi connectivity index (χ2v) is 15.7. The normalized spacial score (nSPS) is 12.7. The number of halogens is 1. The van der Waals surface area contributed by atoms with Crippen molar-refractivity contribution >= 4 is 19.4 Å². The standard InChI is InChI=1S/C38H78ClO4P/c1-2-3-4-5-6-7-8-9-10-11-12-13-14-15-16-17-18-19-20-21-22-23-24-25-26-27-29-32-35-38(39)36-33-30-28-31-34-37-43-44(40,41)42/h38H,2-37H2,1H3,(H2,40,41,42)/t38-/m0/s1. The van der Waals surface area contributed by atoms with E-state index in [0.717, 1.165) is 38.5 Å². The molecule has 6 heteroatoms. The molecule has 0 radical (unpaired) electrons. The summed E-state index contributed by atoms with van der Waals surface area (Å²) in [5.41, 5.74) is 0. The van der Waals surface area contributed by atoms with Crippen LogP contribution in [0.25, 0.3) is 0 Å². The van der Waals surface area contributed by atoms with Crippen LogP contribution in [0.15, 0.2) is 0 Å². The van der Waals surface area contributed by atoms with E-state index in [1.54, 1.807) is 0 Å². The molecule has 0 heterocycles. The molecule has 0 aromatic heterocycles. The molecule has 0 aromatic rings. The van der Waals surface area contributed by atoms with Gasteiger partial charge >= 0.3 is 7.82 Å². The van der Waals surface area contributed by atoms with Gasteiger partial charge in [0.05, 0.1) is 6.61 Å². The van der Waals surface area contributed by atoms with Gasteiger partial charge in [0.1, 0.15) is 0 Å². The number of hydrogen-bond acceptors (Lipinski definition) is 2. The SMILES string of the molecule is CCCCCCCCCCCCCCCCCCCCCCCCCCCCCC[C@H](Cl)CCCCCCCOP(=O)(O)O. The molecule has 0 amide bonds. The molecule has 0 aliphatic heterocycles. The third kappa shape index (κ3) is 40.4. The van der Waals surface area contributed by atoms with Crippen LogP contribution >= 0.6 is 19.4 Å². The van der Waals surface area contributed by atoms with E-state index in [9.17, 15) is 4.57 Å². The van der Waals surface area contributed by atoms with E-state index in [4.69, 9.17) is 21.4 Å². The van der Waals surface area contributed by atoms with Crippen molar-refractivity contribution in [3.8, 4) is 0 Å². The van der Waals surface area contributed by atoms with Gasteiger partial charge in [0.25, 0.3) is 0 Å². The molecule has 0 unspecified atom stereocenters. The molecule has 0 aliphatic rings. The molecule has 1 atom stereocenters. The van der Waals surface area contributed by atoms with Crippen molar-refractivity contribution in [3.05, 3.63) is 0 Å². The molecule has 266 valence electrons. The molecule has 2 N–H and O–H groups in total. The Bertz CT molecular complexity index is 585. The smallest absolute Gasteiger partial charge is 0.303 e. The first kappa shape index (κ1) is 44.4. The van der Waals surface area contributed by atoms with Gasteiger partial charge in [-0.05, 0) is 19.3 Å². The minimum Gasteiger partial charge on any atom is -0.303 e. The zero-order valence-electron chi connectivity index (χ0n) is 29.6. The summed E-state index contributed by atoms with van der Waals surface area (Å²) in [7, 11) is -4.30. The molecule has 4 nitrogen and oxygen atoms in total. The number of phosphoric ester groups is 1. The van der Waals surface area contributed by atoms with Crippen LogP contribution in [-0.2, 0) is 9.09 Å². The average Bonchev–Trinajstić information content (AvgIpc) is 2.99. The molecule has 0 bridgehead atoms. The Kier molecular flexibility index (Phi) is 36.6. The van der Waals surface area contributed by atoms with E-state index in [1.165, 1.54) is 180 Å². The van der Waals surface area contributed by atoms with Crippen molar-refractivity contribution in [2.24, 2.45) is 0 Å². The Morgan fingerprint density at radius 2 is 0.659 bits per heavy atom. The maximum Gasteiger partial charge on any atom is 0.469 e. The summed E-state index contributed by atoms with van der Waals surface area (Å²) in [6, 6.07) is 0. The van der Waals surface area contributed by atoms with E-state index < -0.39 is 7.82 Å². The Labute approximate surface area is 281 Å². The Morgan fingerprint density at radius 3 is 0.909 bits per heavy atom. The zero-order valence-corrected chi connectivity index (χ0v) is 31.2.